The minimum Gasteiger partial charge on any atom is -0.322 e. The summed E-state index contributed by atoms with van der Waals surface area (Å²) in [6.45, 7) is 3.38. The highest BCUT2D eigenvalue weighted by Gasteiger charge is 2.04. The van der Waals surface area contributed by atoms with Crippen LogP contribution in [0.25, 0.3) is 0 Å². The maximum atomic E-state index is 12.0. The van der Waals surface area contributed by atoms with Gasteiger partial charge >= 0.3 is 6.03 Å². The van der Waals surface area contributed by atoms with Crippen molar-refractivity contribution in [3.05, 3.63) is 66.7 Å². The van der Waals surface area contributed by atoms with Gasteiger partial charge < -0.3 is 16.0 Å². The third-order valence-electron chi connectivity index (χ3n) is 2.86. The Labute approximate surface area is 134 Å². The van der Waals surface area contributed by atoms with Crippen molar-refractivity contribution in [1.82, 2.24) is 0 Å². The number of terminal acetylenes is 1. The number of benzene rings is 2. The molecule has 0 saturated heterocycles. The molecule has 5 nitrogen and oxygen atoms in total. The van der Waals surface area contributed by atoms with Crippen molar-refractivity contribution in [3.8, 4) is 12.3 Å². The van der Waals surface area contributed by atoms with Crippen LogP contribution < -0.4 is 16.0 Å². The highest BCUT2D eigenvalue weighted by Crippen LogP contribution is 2.16. The van der Waals surface area contributed by atoms with E-state index in [0.29, 0.717) is 22.6 Å². The van der Waals surface area contributed by atoms with E-state index < -0.39 is 6.03 Å². The van der Waals surface area contributed by atoms with E-state index in [4.69, 9.17) is 6.42 Å². The molecule has 0 unspecified atom stereocenters. The van der Waals surface area contributed by atoms with Crippen molar-refractivity contribution in [1.29, 1.82) is 0 Å². The van der Waals surface area contributed by atoms with E-state index in [1.54, 1.807) is 48.5 Å². The molecule has 0 heterocycles. The summed E-state index contributed by atoms with van der Waals surface area (Å²) >= 11 is 0. The molecule has 0 bridgehead atoms. The Hall–Kier alpha value is -3.52. The van der Waals surface area contributed by atoms with E-state index in [-0.39, 0.29) is 5.91 Å². The number of carbonyl (C=O) groups is 2. The van der Waals surface area contributed by atoms with Crippen molar-refractivity contribution < 1.29 is 9.59 Å². The average Bonchev–Trinajstić information content (AvgIpc) is 2.55. The van der Waals surface area contributed by atoms with Crippen LogP contribution in [0.1, 0.15) is 5.56 Å². The summed E-state index contributed by atoms with van der Waals surface area (Å²) in [4.78, 5) is 23.3. The average molecular weight is 305 g/mol. The minimum absolute atomic E-state index is 0.322. The van der Waals surface area contributed by atoms with Crippen LogP contribution in [0, 0.1) is 12.3 Å². The van der Waals surface area contributed by atoms with Gasteiger partial charge in [0.2, 0.25) is 5.91 Å². The molecule has 0 aromatic heterocycles. The standard InChI is InChI=1S/C18H15N3O2/c1-3-13-7-5-8-14(11-13)20-18(23)21-16-10-6-9-15(12-16)19-17(22)4-2/h1,4-12H,2H2,(H,19,22)(H2,20,21,23). The van der Waals surface area contributed by atoms with E-state index in [1.807, 2.05) is 0 Å². The predicted molar refractivity (Wildman–Crippen MR) is 92.3 cm³/mol. The molecule has 3 amide bonds. The molecule has 114 valence electrons. The van der Waals surface area contributed by atoms with Gasteiger partial charge in [0.25, 0.3) is 0 Å². The zero-order valence-corrected chi connectivity index (χ0v) is 12.3. The quantitative estimate of drug-likeness (QED) is 0.598. The molecular weight excluding hydrogens is 290 g/mol. The molecule has 0 aliphatic rings. The van der Waals surface area contributed by atoms with Crippen LogP contribution in [0.4, 0.5) is 21.9 Å². The van der Waals surface area contributed by atoms with E-state index in [1.165, 1.54) is 6.08 Å². The lowest BCUT2D eigenvalue weighted by Gasteiger charge is -2.09. The number of hydrogen-bond acceptors (Lipinski definition) is 2. The first-order chi connectivity index (χ1) is 11.1. The molecule has 0 atom stereocenters. The first-order valence-corrected chi connectivity index (χ1v) is 6.79. The van der Waals surface area contributed by atoms with Gasteiger partial charge in [0, 0.05) is 22.6 Å². The second-order valence-corrected chi connectivity index (χ2v) is 4.58. The Kier molecular flexibility index (Phi) is 5.16. The van der Waals surface area contributed by atoms with Crippen LogP contribution in [0.15, 0.2) is 61.2 Å². The largest absolute Gasteiger partial charge is 0.323 e. The summed E-state index contributed by atoms with van der Waals surface area (Å²) in [5.74, 6) is 2.18. The fourth-order valence-electron chi connectivity index (χ4n) is 1.85. The second-order valence-electron chi connectivity index (χ2n) is 4.58. The first-order valence-electron chi connectivity index (χ1n) is 6.79. The Morgan fingerprint density at radius 3 is 2.13 bits per heavy atom. The first kappa shape index (κ1) is 15.9. The van der Waals surface area contributed by atoms with Crippen LogP contribution in [-0.2, 0) is 4.79 Å². The van der Waals surface area contributed by atoms with Crippen LogP contribution in [0.3, 0.4) is 0 Å². The number of urea groups is 1. The molecule has 0 aliphatic carbocycles. The fraction of sp³-hybridized carbons (Fsp3) is 0. The van der Waals surface area contributed by atoms with Gasteiger partial charge in [-0.3, -0.25) is 4.79 Å². The molecule has 23 heavy (non-hydrogen) atoms. The Bertz CT molecular complexity index is 791. The van der Waals surface area contributed by atoms with Gasteiger partial charge in [-0.25, -0.2) is 4.79 Å². The monoisotopic (exact) mass is 305 g/mol. The Morgan fingerprint density at radius 1 is 0.957 bits per heavy atom. The van der Waals surface area contributed by atoms with E-state index >= 15 is 0 Å². The van der Waals surface area contributed by atoms with Gasteiger partial charge in [0.05, 0.1) is 0 Å². The van der Waals surface area contributed by atoms with Crippen LogP contribution >= 0.6 is 0 Å². The molecule has 5 heteroatoms. The number of carbonyl (C=O) groups excluding carboxylic acids is 2. The molecule has 2 aromatic rings. The van der Waals surface area contributed by atoms with Crippen molar-refractivity contribution in [3.63, 3.8) is 0 Å². The predicted octanol–water partition coefficient (Wildman–Crippen LogP) is 3.44. The molecular formula is C18H15N3O2. The van der Waals surface area contributed by atoms with Crippen LogP contribution in [-0.4, -0.2) is 11.9 Å². The van der Waals surface area contributed by atoms with Crippen molar-refractivity contribution >= 4 is 29.0 Å². The third kappa shape index (κ3) is 4.76. The maximum absolute atomic E-state index is 12.0. The van der Waals surface area contributed by atoms with Crippen molar-refractivity contribution in [2.45, 2.75) is 0 Å². The fourth-order valence-corrected chi connectivity index (χ4v) is 1.85. The molecule has 2 aromatic carbocycles. The maximum Gasteiger partial charge on any atom is 0.323 e. The van der Waals surface area contributed by atoms with Crippen LogP contribution in [0.5, 0.6) is 0 Å². The number of nitrogens with one attached hydrogen (secondary N) is 3. The molecule has 0 radical (unpaired) electrons. The highest BCUT2D eigenvalue weighted by molar-refractivity contribution is 6.01. The molecule has 3 N–H and O–H groups in total. The lowest BCUT2D eigenvalue weighted by Crippen LogP contribution is -2.19. The van der Waals surface area contributed by atoms with Crippen molar-refractivity contribution in [2.75, 3.05) is 16.0 Å². The summed E-state index contributed by atoms with van der Waals surface area (Å²) in [6.07, 6.45) is 6.49. The van der Waals surface area contributed by atoms with Crippen LogP contribution in [0.2, 0.25) is 0 Å². The van der Waals surface area contributed by atoms with Gasteiger partial charge in [-0.1, -0.05) is 24.6 Å². The van der Waals surface area contributed by atoms with E-state index in [2.05, 4.69) is 28.4 Å². The summed E-state index contributed by atoms with van der Waals surface area (Å²) in [7, 11) is 0. The normalized spacial score (nSPS) is 9.35. The Balaban J connectivity index is 2.02. The zero-order chi connectivity index (χ0) is 16.7. The lowest BCUT2D eigenvalue weighted by molar-refractivity contribution is -0.111. The molecule has 0 spiro atoms. The van der Waals surface area contributed by atoms with E-state index in [0.717, 1.165) is 0 Å². The molecule has 0 fully saturated rings. The molecule has 2 rings (SSSR count). The summed E-state index contributed by atoms with van der Waals surface area (Å²) in [5, 5.41) is 7.99. The highest BCUT2D eigenvalue weighted by atomic mass is 16.2. The number of anilines is 3. The topological polar surface area (TPSA) is 70.2 Å². The number of hydrogen-bond donors (Lipinski definition) is 3. The van der Waals surface area contributed by atoms with Gasteiger partial charge in [-0.15, -0.1) is 6.42 Å². The minimum atomic E-state index is -0.411. The number of amides is 3. The third-order valence-corrected chi connectivity index (χ3v) is 2.86. The van der Waals surface area contributed by atoms with E-state index in [9.17, 15) is 9.59 Å². The van der Waals surface area contributed by atoms with Gasteiger partial charge in [0.15, 0.2) is 0 Å². The molecule has 0 saturated carbocycles. The van der Waals surface area contributed by atoms with Gasteiger partial charge in [-0.2, -0.15) is 0 Å². The lowest BCUT2D eigenvalue weighted by atomic mass is 10.2. The zero-order valence-electron chi connectivity index (χ0n) is 12.3. The molecule has 0 aliphatic heterocycles. The Morgan fingerprint density at radius 2 is 1.52 bits per heavy atom. The summed E-state index contributed by atoms with van der Waals surface area (Å²) < 4.78 is 0. The summed E-state index contributed by atoms with van der Waals surface area (Å²) in [5.41, 5.74) is 2.37. The van der Waals surface area contributed by atoms with Gasteiger partial charge in [0.1, 0.15) is 0 Å². The summed E-state index contributed by atoms with van der Waals surface area (Å²) in [6, 6.07) is 13.3. The van der Waals surface area contributed by atoms with Gasteiger partial charge in [-0.05, 0) is 42.5 Å². The smallest absolute Gasteiger partial charge is 0.322 e. The van der Waals surface area contributed by atoms with Crippen molar-refractivity contribution in [2.24, 2.45) is 0 Å². The SMILES string of the molecule is C#Cc1cccc(NC(=O)Nc2cccc(NC(=O)C=C)c2)c1. The number of rotatable bonds is 4. The second kappa shape index (κ2) is 7.48.